The molecule has 1 aliphatic heterocycles. The van der Waals surface area contributed by atoms with Gasteiger partial charge in [0.25, 0.3) is 0 Å². The van der Waals surface area contributed by atoms with Gasteiger partial charge >= 0.3 is 5.97 Å². The summed E-state index contributed by atoms with van der Waals surface area (Å²) in [6.45, 7) is 1.85. The van der Waals surface area contributed by atoms with Crippen molar-refractivity contribution in [2.75, 3.05) is 33.8 Å². The highest BCUT2D eigenvalue weighted by Gasteiger charge is 2.31. The second kappa shape index (κ2) is 12.8. The number of fused-ring (bicyclic) bond motifs is 1. The Balaban J connectivity index is 1.42. The van der Waals surface area contributed by atoms with E-state index < -0.39 is 17.6 Å². The maximum Gasteiger partial charge on any atom is 0.303 e. The second-order valence-electron chi connectivity index (χ2n) is 9.80. The zero-order chi connectivity index (χ0) is 27.1. The van der Waals surface area contributed by atoms with Crippen LogP contribution in [0.2, 0.25) is 0 Å². The van der Waals surface area contributed by atoms with Gasteiger partial charge in [0.2, 0.25) is 0 Å². The maximum atomic E-state index is 13.4. The van der Waals surface area contributed by atoms with E-state index in [1.54, 1.807) is 7.11 Å². The molecule has 8 heteroatoms. The van der Waals surface area contributed by atoms with Crippen molar-refractivity contribution in [2.24, 2.45) is 11.8 Å². The minimum atomic E-state index is -0.805. The minimum Gasteiger partial charge on any atom is -0.497 e. The van der Waals surface area contributed by atoms with Gasteiger partial charge in [0, 0.05) is 42.2 Å². The number of benzene rings is 2. The number of carboxylic acids is 1. The molecule has 6 nitrogen and oxygen atoms in total. The van der Waals surface area contributed by atoms with Crippen molar-refractivity contribution in [2.45, 2.75) is 31.7 Å². The largest absolute Gasteiger partial charge is 0.497 e. The van der Waals surface area contributed by atoms with E-state index in [1.165, 1.54) is 12.1 Å². The number of methoxy groups -OCH3 is 1. The van der Waals surface area contributed by atoms with Crippen LogP contribution >= 0.6 is 0 Å². The molecule has 0 amide bonds. The van der Waals surface area contributed by atoms with Crippen LogP contribution in [0.3, 0.4) is 0 Å². The number of piperidine rings is 1. The highest BCUT2D eigenvalue weighted by molar-refractivity contribution is 5.84. The Kier molecular flexibility index (Phi) is 9.27. The summed E-state index contributed by atoms with van der Waals surface area (Å²) in [4.78, 5) is 18.3. The standard InChI is InChI=1S/C30H33F2N3O3/c1-33-28(26-9-11-34-29-8-6-25(38-2)18-27(26)29)7-5-21-10-13-35(19-22(21)16-30(36)37)12-3-4-20-14-23(31)17-24(32)15-20/h6,8-9,11,14-15,17-18,21-22,28,33H,5,7,10,12-13,16,19H2,1-2H3,(H,36,37)/t21-,22+,28?/m1/s1. The summed E-state index contributed by atoms with van der Waals surface area (Å²) in [7, 11) is 3.59. The number of aliphatic carboxylic acids is 1. The first-order valence-electron chi connectivity index (χ1n) is 12.8. The molecule has 0 aliphatic carbocycles. The lowest BCUT2D eigenvalue weighted by Crippen LogP contribution is -2.41. The smallest absolute Gasteiger partial charge is 0.303 e. The van der Waals surface area contributed by atoms with Crippen LogP contribution < -0.4 is 10.1 Å². The highest BCUT2D eigenvalue weighted by atomic mass is 19.1. The molecule has 0 spiro atoms. The Hall–Kier alpha value is -3.54. The summed E-state index contributed by atoms with van der Waals surface area (Å²) in [6.07, 6.45) is 4.54. The van der Waals surface area contributed by atoms with E-state index in [2.05, 4.69) is 27.0 Å². The molecule has 0 bridgehead atoms. The quantitative estimate of drug-likeness (QED) is 0.385. The minimum absolute atomic E-state index is 0.00134. The second-order valence-corrected chi connectivity index (χ2v) is 9.80. The van der Waals surface area contributed by atoms with E-state index in [1.807, 2.05) is 37.5 Å². The number of ether oxygens (including phenoxy) is 1. The van der Waals surface area contributed by atoms with Gasteiger partial charge in [0.1, 0.15) is 17.4 Å². The van der Waals surface area contributed by atoms with Crippen molar-refractivity contribution in [1.29, 1.82) is 0 Å². The molecule has 2 aromatic carbocycles. The summed E-state index contributed by atoms with van der Waals surface area (Å²) in [5, 5.41) is 14.0. The van der Waals surface area contributed by atoms with Gasteiger partial charge in [-0.15, -0.1) is 0 Å². The monoisotopic (exact) mass is 521 g/mol. The Labute approximate surface area is 222 Å². The van der Waals surface area contributed by atoms with Gasteiger partial charge < -0.3 is 15.2 Å². The van der Waals surface area contributed by atoms with Gasteiger partial charge in [-0.1, -0.05) is 11.8 Å². The van der Waals surface area contributed by atoms with E-state index in [0.717, 1.165) is 54.1 Å². The Morgan fingerprint density at radius 2 is 2.00 bits per heavy atom. The number of carboxylic acid groups (broad SMARTS) is 1. The predicted molar refractivity (Wildman–Crippen MR) is 143 cm³/mol. The number of hydrogen-bond acceptors (Lipinski definition) is 5. The molecule has 2 heterocycles. The summed E-state index contributed by atoms with van der Waals surface area (Å²) < 4.78 is 32.2. The molecule has 0 saturated carbocycles. The van der Waals surface area contributed by atoms with E-state index in [9.17, 15) is 18.7 Å². The first-order chi connectivity index (χ1) is 18.4. The highest BCUT2D eigenvalue weighted by Crippen LogP contribution is 2.34. The summed E-state index contributed by atoms with van der Waals surface area (Å²) in [6, 6.07) is 11.2. The molecule has 3 aromatic rings. The lowest BCUT2D eigenvalue weighted by atomic mass is 9.79. The van der Waals surface area contributed by atoms with Crippen molar-refractivity contribution in [1.82, 2.24) is 15.2 Å². The number of aromatic nitrogens is 1. The topological polar surface area (TPSA) is 74.7 Å². The third-order valence-electron chi connectivity index (χ3n) is 7.34. The molecule has 0 radical (unpaired) electrons. The van der Waals surface area contributed by atoms with Gasteiger partial charge in [0.15, 0.2) is 0 Å². The fraction of sp³-hybridized carbons (Fsp3) is 0.400. The van der Waals surface area contributed by atoms with Crippen molar-refractivity contribution >= 4 is 16.9 Å². The number of rotatable bonds is 9. The van der Waals surface area contributed by atoms with Gasteiger partial charge in [-0.05, 0) is 86.7 Å². The van der Waals surface area contributed by atoms with Gasteiger partial charge in [0.05, 0.1) is 19.2 Å². The Bertz CT molecular complexity index is 1320. The maximum absolute atomic E-state index is 13.4. The average molecular weight is 522 g/mol. The number of likely N-dealkylation sites (tertiary alicyclic amines) is 1. The van der Waals surface area contributed by atoms with Crippen molar-refractivity contribution in [3.8, 4) is 17.6 Å². The van der Waals surface area contributed by atoms with E-state index in [-0.39, 0.29) is 24.3 Å². The molecular formula is C30H33F2N3O3. The molecular weight excluding hydrogens is 488 g/mol. The molecule has 38 heavy (non-hydrogen) atoms. The van der Waals surface area contributed by atoms with Crippen molar-refractivity contribution < 1.29 is 23.4 Å². The van der Waals surface area contributed by atoms with Crippen LogP contribution in [0, 0.1) is 35.3 Å². The van der Waals surface area contributed by atoms with Crippen LogP contribution in [0.5, 0.6) is 5.75 Å². The number of nitrogens with one attached hydrogen (secondary N) is 1. The molecule has 1 saturated heterocycles. The normalized spacial score (nSPS) is 18.5. The van der Waals surface area contributed by atoms with E-state index >= 15 is 0 Å². The molecule has 3 atom stereocenters. The lowest BCUT2D eigenvalue weighted by Gasteiger charge is -2.38. The fourth-order valence-corrected chi connectivity index (χ4v) is 5.43. The van der Waals surface area contributed by atoms with Crippen molar-refractivity contribution in [3.63, 3.8) is 0 Å². The zero-order valence-corrected chi connectivity index (χ0v) is 21.7. The van der Waals surface area contributed by atoms with Crippen LogP contribution in [0.1, 0.15) is 42.9 Å². The third kappa shape index (κ3) is 7.06. The van der Waals surface area contributed by atoms with E-state index in [0.29, 0.717) is 18.7 Å². The Morgan fingerprint density at radius 3 is 2.71 bits per heavy atom. The van der Waals surface area contributed by atoms with Crippen LogP contribution in [0.25, 0.3) is 10.9 Å². The van der Waals surface area contributed by atoms with Crippen LogP contribution in [0.4, 0.5) is 8.78 Å². The molecule has 1 aliphatic rings. The summed E-state index contributed by atoms with van der Waals surface area (Å²) >= 11 is 0. The number of hydrogen-bond donors (Lipinski definition) is 2. The number of carbonyl (C=O) groups is 1. The molecule has 1 aromatic heterocycles. The SMILES string of the molecule is CNC(CC[C@@H]1CCN(CC#Cc2cc(F)cc(F)c2)C[C@@H]1CC(=O)O)c1ccnc2ccc(OC)cc12. The number of nitrogens with zero attached hydrogens (tertiary/aromatic N) is 2. The summed E-state index contributed by atoms with van der Waals surface area (Å²) in [5.41, 5.74) is 2.34. The predicted octanol–water partition coefficient (Wildman–Crippen LogP) is 5.03. The van der Waals surface area contributed by atoms with E-state index in [4.69, 9.17) is 4.74 Å². The van der Waals surface area contributed by atoms with Crippen LogP contribution in [-0.4, -0.2) is 54.8 Å². The molecule has 200 valence electrons. The molecule has 1 unspecified atom stereocenters. The third-order valence-corrected chi connectivity index (χ3v) is 7.34. The van der Waals surface area contributed by atoms with Crippen molar-refractivity contribution in [3.05, 3.63) is 71.4 Å². The fourth-order valence-electron chi connectivity index (χ4n) is 5.43. The molecule has 2 N–H and O–H groups in total. The van der Waals surface area contributed by atoms with Gasteiger partial charge in [-0.25, -0.2) is 8.78 Å². The molecule has 1 fully saturated rings. The molecule has 4 rings (SSSR count). The van der Waals surface area contributed by atoms with Gasteiger partial charge in [-0.2, -0.15) is 0 Å². The number of pyridine rings is 1. The summed E-state index contributed by atoms with van der Waals surface area (Å²) in [5.74, 6) is 4.74. The first-order valence-corrected chi connectivity index (χ1v) is 12.8. The number of halogens is 2. The first kappa shape index (κ1) is 27.5. The van der Waals surface area contributed by atoms with Crippen LogP contribution in [-0.2, 0) is 4.79 Å². The average Bonchev–Trinajstić information content (AvgIpc) is 2.89. The van der Waals surface area contributed by atoms with Crippen LogP contribution in [0.15, 0.2) is 48.7 Å². The van der Waals surface area contributed by atoms with Gasteiger partial charge in [-0.3, -0.25) is 14.7 Å². The zero-order valence-electron chi connectivity index (χ0n) is 21.7. The lowest BCUT2D eigenvalue weighted by molar-refractivity contribution is -0.139. The Morgan fingerprint density at radius 1 is 1.21 bits per heavy atom.